The van der Waals surface area contributed by atoms with E-state index in [4.69, 9.17) is 24.1 Å². The van der Waals surface area contributed by atoms with Crippen LogP contribution < -0.4 is 14.2 Å². The molecule has 0 aliphatic heterocycles. The molecule has 0 atom stereocenters. The van der Waals surface area contributed by atoms with Crippen molar-refractivity contribution in [2.24, 2.45) is 0 Å². The molecular formula is C15H22O6. The van der Waals surface area contributed by atoms with Crippen LogP contribution in [0.2, 0.25) is 0 Å². The molecule has 1 aromatic carbocycles. The van der Waals surface area contributed by atoms with Gasteiger partial charge in [0.05, 0.1) is 32.0 Å². The van der Waals surface area contributed by atoms with E-state index in [1.54, 1.807) is 0 Å². The van der Waals surface area contributed by atoms with E-state index in [2.05, 4.69) is 0 Å². The molecule has 6 nitrogen and oxygen atoms in total. The van der Waals surface area contributed by atoms with E-state index < -0.39 is 5.97 Å². The highest BCUT2D eigenvalue weighted by Crippen LogP contribution is 2.38. The molecule has 0 unspecified atom stereocenters. The van der Waals surface area contributed by atoms with Gasteiger partial charge >= 0.3 is 5.97 Å². The van der Waals surface area contributed by atoms with Crippen molar-refractivity contribution in [2.75, 3.05) is 27.4 Å². The minimum atomic E-state index is -1.06. The van der Waals surface area contributed by atoms with Gasteiger partial charge in [-0.3, -0.25) is 0 Å². The molecule has 0 heterocycles. The summed E-state index contributed by atoms with van der Waals surface area (Å²) in [5.41, 5.74) is -0.174. The molecule has 0 bridgehead atoms. The number of carboxylic acids is 1. The van der Waals surface area contributed by atoms with Gasteiger partial charge in [0, 0.05) is 0 Å². The van der Waals surface area contributed by atoms with Gasteiger partial charge < -0.3 is 24.1 Å². The Morgan fingerprint density at radius 3 is 2.00 bits per heavy atom. The van der Waals surface area contributed by atoms with E-state index in [1.807, 2.05) is 20.8 Å². The summed E-state index contributed by atoms with van der Waals surface area (Å²) in [6, 6.07) is 2.79. The van der Waals surface area contributed by atoms with Crippen molar-refractivity contribution in [2.45, 2.75) is 26.4 Å². The summed E-state index contributed by atoms with van der Waals surface area (Å²) in [4.78, 5) is 11.0. The van der Waals surface area contributed by atoms with E-state index in [1.165, 1.54) is 26.4 Å². The van der Waals surface area contributed by atoms with Crippen molar-refractivity contribution >= 4 is 5.97 Å². The summed E-state index contributed by atoms with van der Waals surface area (Å²) in [6.45, 7) is 6.56. The van der Waals surface area contributed by atoms with E-state index in [9.17, 15) is 4.79 Å². The van der Waals surface area contributed by atoms with Crippen LogP contribution in [0.3, 0.4) is 0 Å². The summed E-state index contributed by atoms with van der Waals surface area (Å²) in [6.07, 6.45) is 0. The van der Waals surface area contributed by atoms with Crippen LogP contribution in [0.5, 0.6) is 17.2 Å². The molecule has 0 spiro atoms. The van der Waals surface area contributed by atoms with Crippen molar-refractivity contribution in [1.82, 2.24) is 0 Å². The fourth-order valence-electron chi connectivity index (χ4n) is 1.64. The Balaban J connectivity index is 2.87. The number of ether oxygens (including phenoxy) is 4. The standard InChI is InChI=1S/C15H22O6/c1-15(2,3)21-7-6-20-13-11(18-4)8-10(14(16)17)9-12(13)19-5/h8-9H,6-7H2,1-5H3,(H,16,17). The Kier molecular flexibility index (Phi) is 5.84. The van der Waals surface area contributed by atoms with Gasteiger partial charge in [0.1, 0.15) is 6.61 Å². The number of carboxylic acid groups (broad SMARTS) is 1. The first-order valence-corrected chi connectivity index (χ1v) is 6.54. The Morgan fingerprint density at radius 2 is 1.62 bits per heavy atom. The molecule has 1 aromatic rings. The first kappa shape index (κ1) is 17.1. The monoisotopic (exact) mass is 298 g/mol. The van der Waals surface area contributed by atoms with Crippen molar-refractivity contribution in [3.63, 3.8) is 0 Å². The zero-order valence-corrected chi connectivity index (χ0v) is 13.1. The lowest BCUT2D eigenvalue weighted by molar-refractivity contribution is -0.0167. The second-order valence-corrected chi connectivity index (χ2v) is 5.32. The molecule has 0 aliphatic carbocycles. The molecule has 0 amide bonds. The van der Waals surface area contributed by atoms with Crippen molar-refractivity contribution in [1.29, 1.82) is 0 Å². The molecule has 0 aliphatic rings. The normalized spacial score (nSPS) is 11.1. The maximum absolute atomic E-state index is 11.0. The van der Waals surface area contributed by atoms with Crippen LogP contribution in [0.4, 0.5) is 0 Å². The highest BCUT2D eigenvalue weighted by atomic mass is 16.6. The average molecular weight is 298 g/mol. The number of hydrogen-bond acceptors (Lipinski definition) is 5. The van der Waals surface area contributed by atoms with Crippen LogP contribution in [0, 0.1) is 0 Å². The van der Waals surface area contributed by atoms with Crippen LogP contribution in [0.15, 0.2) is 12.1 Å². The summed E-state index contributed by atoms with van der Waals surface area (Å²) in [5, 5.41) is 9.05. The summed E-state index contributed by atoms with van der Waals surface area (Å²) in [5.74, 6) is -0.0817. The molecule has 0 saturated carbocycles. The van der Waals surface area contributed by atoms with Gasteiger partial charge in [0.2, 0.25) is 5.75 Å². The van der Waals surface area contributed by atoms with E-state index in [0.29, 0.717) is 30.5 Å². The predicted molar refractivity (Wildman–Crippen MR) is 77.7 cm³/mol. The lowest BCUT2D eigenvalue weighted by atomic mass is 10.2. The van der Waals surface area contributed by atoms with Gasteiger partial charge in [0.25, 0.3) is 0 Å². The molecule has 1 N–H and O–H groups in total. The maximum atomic E-state index is 11.0. The summed E-state index contributed by atoms with van der Waals surface area (Å²) < 4.78 is 21.5. The minimum absolute atomic E-state index is 0.0713. The predicted octanol–water partition coefficient (Wildman–Crippen LogP) is 2.60. The Bertz CT molecular complexity index is 464. The van der Waals surface area contributed by atoms with Gasteiger partial charge in [-0.05, 0) is 32.9 Å². The van der Waals surface area contributed by atoms with Gasteiger partial charge in [-0.15, -0.1) is 0 Å². The first-order valence-electron chi connectivity index (χ1n) is 6.54. The number of hydrogen-bond donors (Lipinski definition) is 1. The third-order valence-electron chi connectivity index (χ3n) is 2.57. The number of methoxy groups -OCH3 is 2. The summed E-state index contributed by atoms with van der Waals surface area (Å²) >= 11 is 0. The highest BCUT2D eigenvalue weighted by Gasteiger charge is 2.17. The minimum Gasteiger partial charge on any atom is -0.493 e. The third-order valence-corrected chi connectivity index (χ3v) is 2.57. The van der Waals surface area contributed by atoms with Crippen LogP contribution in [-0.4, -0.2) is 44.1 Å². The average Bonchev–Trinajstić information content (AvgIpc) is 2.41. The number of rotatable bonds is 7. The molecule has 1 rings (SSSR count). The maximum Gasteiger partial charge on any atom is 0.335 e. The van der Waals surface area contributed by atoms with Crippen molar-refractivity contribution < 1.29 is 28.8 Å². The Labute approximate surface area is 124 Å². The van der Waals surface area contributed by atoms with E-state index in [-0.39, 0.29) is 11.2 Å². The lowest BCUT2D eigenvalue weighted by Gasteiger charge is -2.20. The fourth-order valence-corrected chi connectivity index (χ4v) is 1.64. The molecule has 0 radical (unpaired) electrons. The fraction of sp³-hybridized carbons (Fsp3) is 0.533. The SMILES string of the molecule is COc1cc(C(=O)O)cc(OC)c1OCCOC(C)(C)C. The van der Waals surface area contributed by atoms with E-state index in [0.717, 1.165) is 0 Å². The number of aromatic carboxylic acids is 1. The molecule has 118 valence electrons. The molecule has 6 heteroatoms. The highest BCUT2D eigenvalue weighted by molar-refractivity contribution is 5.89. The van der Waals surface area contributed by atoms with E-state index >= 15 is 0 Å². The van der Waals surface area contributed by atoms with Crippen LogP contribution >= 0.6 is 0 Å². The first-order chi connectivity index (χ1) is 9.78. The summed E-state index contributed by atoms with van der Waals surface area (Å²) in [7, 11) is 2.89. The lowest BCUT2D eigenvalue weighted by Crippen LogP contribution is -2.22. The second kappa shape index (κ2) is 7.17. The zero-order valence-electron chi connectivity index (χ0n) is 13.1. The third kappa shape index (κ3) is 5.15. The van der Waals surface area contributed by atoms with Gasteiger partial charge in [-0.1, -0.05) is 0 Å². The van der Waals surface area contributed by atoms with Crippen molar-refractivity contribution in [3.05, 3.63) is 17.7 Å². The van der Waals surface area contributed by atoms with Crippen LogP contribution in [-0.2, 0) is 4.74 Å². The number of benzene rings is 1. The van der Waals surface area contributed by atoms with Crippen LogP contribution in [0.1, 0.15) is 31.1 Å². The van der Waals surface area contributed by atoms with Crippen LogP contribution in [0.25, 0.3) is 0 Å². The van der Waals surface area contributed by atoms with Gasteiger partial charge in [-0.2, -0.15) is 0 Å². The van der Waals surface area contributed by atoms with Gasteiger partial charge in [-0.25, -0.2) is 4.79 Å². The molecule has 0 saturated heterocycles. The molecule has 21 heavy (non-hydrogen) atoms. The molecule has 0 fully saturated rings. The zero-order chi connectivity index (χ0) is 16.0. The smallest absolute Gasteiger partial charge is 0.335 e. The topological polar surface area (TPSA) is 74.2 Å². The molecular weight excluding hydrogens is 276 g/mol. The molecule has 0 aromatic heterocycles. The Hall–Kier alpha value is -1.95. The Morgan fingerprint density at radius 1 is 1.10 bits per heavy atom. The second-order valence-electron chi connectivity index (χ2n) is 5.32. The van der Waals surface area contributed by atoms with Gasteiger partial charge in [0.15, 0.2) is 11.5 Å². The number of carbonyl (C=O) groups is 1. The quantitative estimate of drug-likeness (QED) is 0.780. The largest absolute Gasteiger partial charge is 0.493 e. The van der Waals surface area contributed by atoms with Crippen molar-refractivity contribution in [3.8, 4) is 17.2 Å².